The Hall–Kier alpha value is -1.05. The van der Waals surface area contributed by atoms with Gasteiger partial charge in [-0.05, 0) is 26.3 Å². The van der Waals surface area contributed by atoms with Crippen LogP contribution in [0.3, 0.4) is 0 Å². The first-order valence-corrected chi connectivity index (χ1v) is 5.09. The number of hydrogen-bond donors (Lipinski definition) is 1. The van der Waals surface area contributed by atoms with Crippen LogP contribution >= 0.6 is 0 Å². The SMILES string of the molecule is CC1=CC=C(NCC/C=C\C(C)F)C1. The minimum absolute atomic E-state index is 0.829. The number of rotatable bonds is 5. The largest absolute Gasteiger partial charge is 0.388 e. The lowest BCUT2D eigenvalue weighted by atomic mass is 10.2. The molecule has 1 aliphatic carbocycles. The van der Waals surface area contributed by atoms with Gasteiger partial charge in [-0.3, -0.25) is 0 Å². The molecule has 0 aromatic heterocycles. The standard InChI is InChI=1S/C12H18FN/c1-10-6-7-12(9-10)14-8-4-3-5-11(2)13/h3,5-7,11,14H,4,8-9H2,1-2H3/b5-3-. The molecule has 0 fully saturated rings. The number of nitrogens with one attached hydrogen (secondary N) is 1. The predicted octanol–water partition coefficient (Wildman–Crippen LogP) is 3.11. The molecule has 1 aliphatic rings. The van der Waals surface area contributed by atoms with Gasteiger partial charge in [-0.1, -0.05) is 23.8 Å². The molecule has 2 heteroatoms. The molecule has 1 N–H and O–H groups in total. The zero-order valence-electron chi connectivity index (χ0n) is 8.89. The van der Waals surface area contributed by atoms with Gasteiger partial charge in [0.05, 0.1) is 0 Å². The zero-order valence-corrected chi connectivity index (χ0v) is 8.89. The molecule has 0 amide bonds. The van der Waals surface area contributed by atoms with Crippen LogP contribution < -0.4 is 5.32 Å². The van der Waals surface area contributed by atoms with Gasteiger partial charge in [-0.2, -0.15) is 0 Å². The highest BCUT2D eigenvalue weighted by Gasteiger charge is 2.01. The summed E-state index contributed by atoms with van der Waals surface area (Å²) in [6.45, 7) is 4.54. The van der Waals surface area contributed by atoms with Crippen molar-refractivity contribution in [3.05, 3.63) is 35.6 Å². The van der Waals surface area contributed by atoms with E-state index in [-0.39, 0.29) is 0 Å². The Kier molecular flexibility index (Phi) is 4.44. The summed E-state index contributed by atoms with van der Waals surface area (Å²) in [5, 5.41) is 3.32. The summed E-state index contributed by atoms with van der Waals surface area (Å²) in [6, 6.07) is 0. The molecule has 0 radical (unpaired) electrons. The summed E-state index contributed by atoms with van der Waals surface area (Å²) in [5.74, 6) is 0. The van der Waals surface area contributed by atoms with E-state index < -0.39 is 6.17 Å². The fourth-order valence-corrected chi connectivity index (χ4v) is 1.38. The maximum absolute atomic E-state index is 12.4. The van der Waals surface area contributed by atoms with Crippen LogP contribution in [0.4, 0.5) is 4.39 Å². The number of hydrogen-bond acceptors (Lipinski definition) is 1. The highest BCUT2D eigenvalue weighted by Crippen LogP contribution is 2.15. The molecule has 0 heterocycles. The maximum atomic E-state index is 12.4. The van der Waals surface area contributed by atoms with Crippen LogP contribution in [0.1, 0.15) is 26.7 Å². The molecule has 1 atom stereocenters. The molecular weight excluding hydrogens is 177 g/mol. The van der Waals surface area contributed by atoms with Crippen LogP contribution in [-0.4, -0.2) is 12.7 Å². The quantitative estimate of drug-likeness (QED) is 0.525. The smallest absolute Gasteiger partial charge is 0.115 e. The van der Waals surface area contributed by atoms with Crippen LogP contribution in [-0.2, 0) is 0 Å². The van der Waals surface area contributed by atoms with E-state index in [0.717, 1.165) is 19.4 Å². The van der Waals surface area contributed by atoms with Crippen molar-refractivity contribution in [2.45, 2.75) is 32.9 Å². The van der Waals surface area contributed by atoms with Gasteiger partial charge in [0.15, 0.2) is 0 Å². The van der Waals surface area contributed by atoms with Crippen molar-refractivity contribution < 1.29 is 4.39 Å². The van der Waals surface area contributed by atoms with E-state index in [2.05, 4.69) is 24.4 Å². The summed E-state index contributed by atoms with van der Waals surface area (Å²) in [7, 11) is 0. The van der Waals surface area contributed by atoms with Crippen LogP contribution in [0.5, 0.6) is 0 Å². The van der Waals surface area contributed by atoms with E-state index in [9.17, 15) is 4.39 Å². The Morgan fingerprint density at radius 3 is 2.93 bits per heavy atom. The monoisotopic (exact) mass is 195 g/mol. The summed E-state index contributed by atoms with van der Waals surface area (Å²) in [6.07, 6.45) is 8.79. The lowest BCUT2D eigenvalue weighted by Gasteiger charge is -2.05. The predicted molar refractivity (Wildman–Crippen MR) is 58.8 cm³/mol. The highest BCUT2D eigenvalue weighted by molar-refractivity contribution is 5.27. The van der Waals surface area contributed by atoms with Gasteiger partial charge in [0.1, 0.15) is 6.17 Å². The first-order chi connectivity index (χ1) is 6.68. The number of alkyl halides is 1. The van der Waals surface area contributed by atoms with Crippen molar-refractivity contribution >= 4 is 0 Å². The zero-order chi connectivity index (χ0) is 10.4. The fraction of sp³-hybridized carbons (Fsp3) is 0.500. The molecule has 0 saturated carbocycles. The molecule has 0 spiro atoms. The van der Waals surface area contributed by atoms with Gasteiger partial charge < -0.3 is 5.32 Å². The Bertz CT molecular complexity index is 261. The highest BCUT2D eigenvalue weighted by atomic mass is 19.1. The summed E-state index contributed by atoms with van der Waals surface area (Å²) < 4.78 is 12.4. The van der Waals surface area contributed by atoms with Crippen molar-refractivity contribution in [1.29, 1.82) is 0 Å². The van der Waals surface area contributed by atoms with Gasteiger partial charge in [0, 0.05) is 18.7 Å². The van der Waals surface area contributed by atoms with Crippen LogP contribution in [0, 0.1) is 0 Å². The topological polar surface area (TPSA) is 12.0 Å². The van der Waals surface area contributed by atoms with Gasteiger partial charge >= 0.3 is 0 Å². The molecule has 0 bridgehead atoms. The van der Waals surface area contributed by atoms with Crippen molar-refractivity contribution in [1.82, 2.24) is 5.32 Å². The van der Waals surface area contributed by atoms with Crippen LogP contribution in [0.25, 0.3) is 0 Å². The fourth-order valence-electron chi connectivity index (χ4n) is 1.38. The van der Waals surface area contributed by atoms with Gasteiger partial charge in [-0.15, -0.1) is 0 Å². The van der Waals surface area contributed by atoms with E-state index in [1.165, 1.54) is 18.2 Å². The molecule has 1 rings (SSSR count). The summed E-state index contributed by atoms with van der Waals surface area (Å²) in [5.41, 5.74) is 2.66. The van der Waals surface area contributed by atoms with Gasteiger partial charge in [0.25, 0.3) is 0 Å². The minimum Gasteiger partial charge on any atom is -0.388 e. The molecular formula is C12H18FN. The van der Waals surface area contributed by atoms with Gasteiger partial charge in [-0.25, -0.2) is 4.39 Å². The van der Waals surface area contributed by atoms with E-state index in [0.29, 0.717) is 0 Å². The average Bonchev–Trinajstić information content (AvgIpc) is 2.50. The molecule has 0 aliphatic heterocycles. The van der Waals surface area contributed by atoms with Crippen LogP contribution in [0.2, 0.25) is 0 Å². The molecule has 78 valence electrons. The van der Waals surface area contributed by atoms with Crippen LogP contribution in [0.15, 0.2) is 35.6 Å². The Balaban J connectivity index is 2.06. The molecule has 0 saturated heterocycles. The third-order valence-electron chi connectivity index (χ3n) is 2.10. The second kappa shape index (κ2) is 5.63. The van der Waals surface area contributed by atoms with E-state index in [1.54, 1.807) is 6.08 Å². The van der Waals surface area contributed by atoms with Gasteiger partial charge in [0.2, 0.25) is 0 Å². The molecule has 0 aromatic rings. The van der Waals surface area contributed by atoms with Crippen molar-refractivity contribution in [3.8, 4) is 0 Å². The Morgan fingerprint density at radius 1 is 1.57 bits per heavy atom. The number of allylic oxidation sites excluding steroid dienone is 4. The Morgan fingerprint density at radius 2 is 2.36 bits per heavy atom. The summed E-state index contributed by atoms with van der Waals surface area (Å²) >= 11 is 0. The molecule has 1 nitrogen and oxygen atoms in total. The molecule has 0 aromatic carbocycles. The minimum atomic E-state index is -0.829. The van der Waals surface area contributed by atoms with E-state index in [1.807, 2.05) is 6.08 Å². The second-order valence-electron chi connectivity index (χ2n) is 3.70. The third-order valence-corrected chi connectivity index (χ3v) is 2.10. The lowest BCUT2D eigenvalue weighted by Crippen LogP contribution is -2.13. The van der Waals surface area contributed by atoms with Crippen molar-refractivity contribution in [2.75, 3.05) is 6.54 Å². The molecule has 1 unspecified atom stereocenters. The van der Waals surface area contributed by atoms with E-state index >= 15 is 0 Å². The molecule has 14 heavy (non-hydrogen) atoms. The Labute approximate surface area is 85.4 Å². The first-order valence-electron chi connectivity index (χ1n) is 5.09. The lowest BCUT2D eigenvalue weighted by molar-refractivity contribution is 0.430. The normalized spacial score (nSPS) is 18.2. The van der Waals surface area contributed by atoms with Crippen molar-refractivity contribution in [2.24, 2.45) is 0 Å². The van der Waals surface area contributed by atoms with E-state index in [4.69, 9.17) is 0 Å². The van der Waals surface area contributed by atoms with Crippen molar-refractivity contribution in [3.63, 3.8) is 0 Å². The summed E-state index contributed by atoms with van der Waals surface area (Å²) in [4.78, 5) is 0. The first kappa shape index (κ1) is 11.0. The number of halogens is 1. The maximum Gasteiger partial charge on any atom is 0.115 e. The average molecular weight is 195 g/mol. The third kappa shape index (κ3) is 4.26. The second-order valence-corrected chi connectivity index (χ2v) is 3.70.